The SMILES string of the molecule is COc1ccccc1C(CNC(=O)C12CC3CC(CC(C3)C1)C2)N(C)C. The van der Waals surface area contributed by atoms with E-state index < -0.39 is 0 Å². The first-order chi connectivity index (χ1) is 12.5. The van der Waals surface area contributed by atoms with Crippen molar-refractivity contribution in [3.8, 4) is 5.75 Å². The van der Waals surface area contributed by atoms with E-state index in [2.05, 4.69) is 30.4 Å². The fourth-order valence-electron chi connectivity index (χ4n) is 6.28. The molecule has 4 fully saturated rings. The first-order valence-corrected chi connectivity index (χ1v) is 10.1. The molecule has 0 spiro atoms. The van der Waals surface area contributed by atoms with Crippen molar-refractivity contribution in [2.45, 2.75) is 44.6 Å². The van der Waals surface area contributed by atoms with Gasteiger partial charge in [0, 0.05) is 17.5 Å². The smallest absolute Gasteiger partial charge is 0.226 e. The average molecular weight is 357 g/mol. The summed E-state index contributed by atoms with van der Waals surface area (Å²) < 4.78 is 5.54. The Morgan fingerprint density at radius 2 is 1.73 bits per heavy atom. The van der Waals surface area contributed by atoms with Crippen molar-refractivity contribution in [3.05, 3.63) is 29.8 Å². The zero-order valence-corrected chi connectivity index (χ0v) is 16.3. The number of hydrogen-bond acceptors (Lipinski definition) is 3. The predicted octanol–water partition coefficient (Wildman–Crippen LogP) is 3.63. The second kappa shape index (κ2) is 6.88. The Hall–Kier alpha value is -1.55. The summed E-state index contributed by atoms with van der Waals surface area (Å²) in [5.74, 6) is 3.58. The summed E-state index contributed by atoms with van der Waals surface area (Å²) in [7, 11) is 5.83. The molecule has 1 aromatic rings. The summed E-state index contributed by atoms with van der Waals surface area (Å²) in [6, 6.07) is 8.23. The number of methoxy groups -OCH3 is 1. The lowest BCUT2D eigenvalue weighted by molar-refractivity contribution is -0.146. The fourth-order valence-corrected chi connectivity index (χ4v) is 6.28. The van der Waals surface area contributed by atoms with Crippen LogP contribution in [-0.4, -0.2) is 38.6 Å². The van der Waals surface area contributed by atoms with E-state index in [1.165, 1.54) is 19.3 Å². The standard InChI is InChI=1S/C22H32N2O2/c1-24(2)19(18-6-4-5-7-20(18)26-3)14-23-21(25)22-11-15-8-16(12-22)10-17(9-15)13-22/h4-7,15-17,19H,8-14H2,1-3H3,(H,23,25). The number of carbonyl (C=O) groups is 1. The summed E-state index contributed by atoms with van der Waals surface area (Å²) in [5, 5.41) is 3.33. The quantitative estimate of drug-likeness (QED) is 0.846. The van der Waals surface area contributed by atoms with E-state index in [0.29, 0.717) is 12.5 Å². The molecule has 1 amide bonds. The molecule has 0 saturated heterocycles. The first-order valence-electron chi connectivity index (χ1n) is 10.1. The maximum absolute atomic E-state index is 13.2. The highest BCUT2D eigenvalue weighted by atomic mass is 16.5. The Morgan fingerprint density at radius 1 is 1.15 bits per heavy atom. The number of hydrogen-bond donors (Lipinski definition) is 1. The van der Waals surface area contributed by atoms with Gasteiger partial charge in [-0.3, -0.25) is 4.79 Å². The minimum absolute atomic E-state index is 0.0770. The molecule has 0 radical (unpaired) electrons. The third kappa shape index (κ3) is 3.13. The lowest BCUT2D eigenvalue weighted by Crippen LogP contribution is -2.54. The number of nitrogens with zero attached hydrogens (tertiary/aromatic N) is 1. The van der Waals surface area contributed by atoms with Crippen molar-refractivity contribution in [1.82, 2.24) is 10.2 Å². The van der Waals surface area contributed by atoms with Crippen LogP contribution >= 0.6 is 0 Å². The van der Waals surface area contributed by atoms with E-state index in [4.69, 9.17) is 4.74 Å². The Bertz CT molecular complexity index is 635. The molecule has 5 rings (SSSR count). The van der Waals surface area contributed by atoms with Crippen molar-refractivity contribution in [1.29, 1.82) is 0 Å². The van der Waals surface area contributed by atoms with Crippen molar-refractivity contribution in [2.75, 3.05) is 27.7 Å². The molecular formula is C22H32N2O2. The van der Waals surface area contributed by atoms with Crippen molar-refractivity contribution >= 4 is 5.91 Å². The third-order valence-corrected chi connectivity index (χ3v) is 7.10. The Kier molecular flexibility index (Phi) is 4.72. The molecule has 4 nitrogen and oxygen atoms in total. The molecule has 0 heterocycles. The van der Waals surface area contributed by atoms with Crippen LogP contribution in [-0.2, 0) is 4.79 Å². The highest BCUT2D eigenvalue weighted by Gasteiger charge is 2.54. The highest BCUT2D eigenvalue weighted by molar-refractivity contribution is 5.83. The number of ether oxygens (including phenoxy) is 1. The Balaban J connectivity index is 1.47. The topological polar surface area (TPSA) is 41.6 Å². The van der Waals surface area contributed by atoms with E-state index in [1.807, 2.05) is 18.2 Å². The lowest BCUT2D eigenvalue weighted by Gasteiger charge is -2.55. The predicted molar refractivity (Wildman–Crippen MR) is 103 cm³/mol. The lowest BCUT2D eigenvalue weighted by atomic mass is 9.49. The fraction of sp³-hybridized carbons (Fsp3) is 0.682. The summed E-state index contributed by atoms with van der Waals surface area (Å²) in [6.07, 6.45) is 7.46. The van der Waals surface area contributed by atoms with Gasteiger partial charge >= 0.3 is 0 Å². The second-order valence-corrected chi connectivity index (χ2v) is 9.13. The molecule has 0 aliphatic heterocycles. The third-order valence-electron chi connectivity index (χ3n) is 7.10. The number of benzene rings is 1. The van der Waals surface area contributed by atoms with Gasteiger partial charge < -0.3 is 15.0 Å². The molecule has 1 aromatic carbocycles. The van der Waals surface area contributed by atoms with Gasteiger partial charge in [0.05, 0.1) is 13.2 Å². The maximum Gasteiger partial charge on any atom is 0.226 e. The number of nitrogens with one attached hydrogen (secondary N) is 1. The van der Waals surface area contributed by atoms with Crippen LogP contribution in [0.5, 0.6) is 5.75 Å². The summed E-state index contributed by atoms with van der Waals surface area (Å²) in [5.41, 5.74) is 1.05. The maximum atomic E-state index is 13.2. The molecule has 4 bridgehead atoms. The average Bonchev–Trinajstić information content (AvgIpc) is 2.60. The number of amides is 1. The summed E-state index contributed by atoms with van der Waals surface area (Å²) in [4.78, 5) is 15.4. The molecule has 4 saturated carbocycles. The van der Waals surface area contributed by atoms with Gasteiger partial charge in [-0.05, 0) is 76.4 Å². The van der Waals surface area contributed by atoms with Crippen LogP contribution in [0.25, 0.3) is 0 Å². The zero-order chi connectivity index (χ0) is 18.3. The van der Waals surface area contributed by atoms with Crippen LogP contribution < -0.4 is 10.1 Å². The minimum Gasteiger partial charge on any atom is -0.496 e. The van der Waals surface area contributed by atoms with E-state index in [-0.39, 0.29) is 11.5 Å². The molecule has 4 aliphatic carbocycles. The molecule has 4 aliphatic rings. The van der Waals surface area contributed by atoms with Gasteiger partial charge in [0.25, 0.3) is 0 Å². The molecular weight excluding hydrogens is 324 g/mol. The van der Waals surface area contributed by atoms with Crippen LogP contribution in [0.3, 0.4) is 0 Å². The van der Waals surface area contributed by atoms with E-state index in [1.54, 1.807) is 7.11 Å². The molecule has 1 N–H and O–H groups in total. The van der Waals surface area contributed by atoms with E-state index >= 15 is 0 Å². The summed E-state index contributed by atoms with van der Waals surface area (Å²) >= 11 is 0. The second-order valence-electron chi connectivity index (χ2n) is 9.13. The van der Waals surface area contributed by atoms with Gasteiger partial charge in [-0.2, -0.15) is 0 Å². The Morgan fingerprint density at radius 3 is 2.27 bits per heavy atom. The number of likely N-dealkylation sites (N-methyl/N-ethyl adjacent to an activating group) is 1. The normalized spacial score (nSPS) is 33.3. The molecule has 0 aromatic heterocycles. The minimum atomic E-state index is -0.0770. The molecule has 26 heavy (non-hydrogen) atoms. The monoisotopic (exact) mass is 356 g/mol. The van der Waals surface area contributed by atoms with Gasteiger partial charge in [0.15, 0.2) is 0 Å². The van der Waals surface area contributed by atoms with Crippen LogP contribution in [0.4, 0.5) is 0 Å². The molecule has 1 unspecified atom stereocenters. The number of carbonyl (C=O) groups excluding carboxylic acids is 1. The van der Waals surface area contributed by atoms with Gasteiger partial charge in [0.2, 0.25) is 5.91 Å². The van der Waals surface area contributed by atoms with E-state index in [0.717, 1.165) is 48.3 Å². The van der Waals surface area contributed by atoms with Crippen molar-refractivity contribution < 1.29 is 9.53 Å². The molecule has 4 heteroatoms. The van der Waals surface area contributed by atoms with Gasteiger partial charge in [-0.15, -0.1) is 0 Å². The van der Waals surface area contributed by atoms with Gasteiger partial charge in [0.1, 0.15) is 5.75 Å². The van der Waals surface area contributed by atoms with Crippen molar-refractivity contribution in [3.63, 3.8) is 0 Å². The van der Waals surface area contributed by atoms with Gasteiger partial charge in [-0.1, -0.05) is 18.2 Å². The Labute approximate surface area is 157 Å². The highest BCUT2D eigenvalue weighted by Crippen LogP contribution is 2.60. The van der Waals surface area contributed by atoms with Crippen LogP contribution in [0.2, 0.25) is 0 Å². The zero-order valence-electron chi connectivity index (χ0n) is 16.3. The first kappa shape index (κ1) is 17.8. The largest absolute Gasteiger partial charge is 0.496 e. The number of rotatable bonds is 6. The molecule has 1 atom stereocenters. The van der Waals surface area contributed by atoms with Gasteiger partial charge in [-0.25, -0.2) is 0 Å². The van der Waals surface area contributed by atoms with Crippen LogP contribution in [0, 0.1) is 23.2 Å². The number of para-hydroxylation sites is 1. The summed E-state index contributed by atoms with van der Waals surface area (Å²) in [6.45, 7) is 0.633. The van der Waals surface area contributed by atoms with Crippen molar-refractivity contribution in [2.24, 2.45) is 23.2 Å². The van der Waals surface area contributed by atoms with Crippen LogP contribution in [0.15, 0.2) is 24.3 Å². The van der Waals surface area contributed by atoms with Crippen LogP contribution in [0.1, 0.15) is 50.1 Å². The molecule has 142 valence electrons. The van der Waals surface area contributed by atoms with E-state index in [9.17, 15) is 4.79 Å².